The lowest BCUT2D eigenvalue weighted by atomic mass is 9.99. The third kappa shape index (κ3) is 7.29. The van der Waals surface area contributed by atoms with Crippen molar-refractivity contribution in [1.29, 1.82) is 0 Å². The highest BCUT2D eigenvalue weighted by atomic mass is 16.5. The molecule has 0 spiro atoms. The topological polar surface area (TPSA) is 81.1 Å². The molecule has 1 aromatic heterocycles. The number of carboxylic acid groups (broad SMARTS) is 1. The molecule has 1 aliphatic heterocycles. The van der Waals surface area contributed by atoms with E-state index in [0.29, 0.717) is 25.3 Å². The summed E-state index contributed by atoms with van der Waals surface area (Å²) in [5.41, 5.74) is 6.19. The average molecular weight is 491 g/mol. The standard InChI is InChI=1S/C29H34N2O5/c1-21-18-25(35-17-14-31-12-15-34-16-13-31)19-22(2)29(21)26-4-3-5-27(30-26)36-20-24-8-6-23(7-9-24)10-11-28(32)33/h3-8,18-20H,9-17H2,1-2H3,(H,32,33). The van der Waals surface area contributed by atoms with E-state index in [2.05, 4.69) is 30.9 Å². The Bertz CT molecular complexity index is 1140. The molecule has 7 nitrogen and oxygen atoms in total. The number of hydrogen-bond donors (Lipinski definition) is 1. The van der Waals surface area contributed by atoms with Gasteiger partial charge in [0.1, 0.15) is 12.4 Å². The van der Waals surface area contributed by atoms with Crippen molar-refractivity contribution < 1.29 is 24.1 Å². The Morgan fingerprint density at radius 2 is 1.94 bits per heavy atom. The van der Waals surface area contributed by atoms with Crippen molar-refractivity contribution in [3.05, 3.63) is 77.1 Å². The first-order valence-corrected chi connectivity index (χ1v) is 12.4. The molecule has 1 fully saturated rings. The van der Waals surface area contributed by atoms with Gasteiger partial charge in [-0.25, -0.2) is 4.98 Å². The van der Waals surface area contributed by atoms with Crippen LogP contribution in [0.15, 0.2) is 66.0 Å². The monoisotopic (exact) mass is 490 g/mol. The van der Waals surface area contributed by atoms with Crippen LogP contribution in [0, 0.1) is 13.8 Å². The number of allylic oxidation sites excluding steroid dienone is 5. The first-order valence-electron chi connectivity index (χ1n) is 12.4. The van der Waals surface area contributed by atoms with Crippen molar-refractivity contribution in [3.63, 3.8) is 0 Å². The van der Waals surface area contributed by atoms with Gasteiger partial charge in [0.25, 0.3) is 0 Å². The number of carboxylic acids is 1. The fourth-order valence-corrected chi connectivity index (χ4v) is 4.41. The Labute approximate surface area is 212 Å². The van der Waals surface area contributed by atoms with Gasteiger partial charge in [-0.15, -0.1) is 0 Å². The molecule has 36 heavy (non-hydrogen) atoms. The summed E-state index contributed by atoms with van der Waals surface area (Å²) in [4.78, 5) is 17.8. The molecular formula is C29H34N2O5. The first-order chi connectivity index (χ1) is 17.5. The van der Waals surface area contributed by atoms with Crippen LogP contribution in [0.5, 0.6) is 11.6 Å². The average Bonchev–Trinajstić information content (AvgIpc) is 2.87. The minimum Gasteiger partial charge on any atom is -0.492 e. The fourth-order valence-electron chi connectivity index (χ4n) is 4.41. The second-order valence-electron chi connectivity index (χ2n) is 9.12. The van der Waals surface area contributed by atoms with Gasteiger partial charge in [-0.05, 0) is 61.6 Å². The lowest BCUT2D eigenvalue weighted by molar-refractivity contribution is -0.136. The Kier molecular flexibility index (Phi) is 8.92. The molecule has 7 heteroatoms. The number of nitrogens with zero attached hydrogens (tertiary/aromatic N) is 2. The van der Waals surface area contributed by atoms with E-state index in [4.69, 9.17) is 24.3 Å². The lowest BCUT2D eigenvalue weighted by Gasteiger charge is -2.26. The van der Waals surface area contributed by atoms with Crippen LogP contribution in [-0.4, -0.2) is 60.4 Å². The summed E-state index contributed by atoms with van der Waals surface area (Å²) in [6, 6.07) is 9.92. The molecule has 2 heterocycles. The molecule has 1 aromatic carbocycles. The van der Waals surface area contributed by atoms with Crippen molar-refractivity contribution >= 4 is 5.97 Å². The zero-order chi connectivity index (χ0) is 25.3. The van der Waals surface area contributed by atoms with Crippen LogP contribution in [0.1, 0.15) is 30.4 Å². The van der Waals surface area contributed by atoms with Gasteiger partial charge in [0.15, 0.2) is 0 Å². The number of hydrogen-bond acceptors (Lipinski definition) is 6. The van der Waals surface area contributed by atoms with Crippen LogP contribution >= 0.6 is 0 Å². The Morgan fingerprint density at radius 1 is 1.17 bits per heavy atom. The van der Waals surface area contributed by atoms with Crippen molar-refractivity contribution in [2.45, 2.75) is 33.1 Å². The minimum absolute atomic E-state index is 0.142. The summed E-state index contributed by atoms with van der Waals surface area (Å²) in [6.07, 6.45) is 9.05. The number of pyridine rings is 1. The Balaban J connectivity index is 1.36. The summed E-state index contributed by atoms with van der Waals surface area (Å²) in [5, 5.41) is 8.84. The number of rotatable bonds is 10. The van der Waals surface area contributed by atoms with Gasteiger partial charge < -0.3 is 19.3 Å². The van der Waals surface area contributed by atoms with E-state index >= 15 is 0 Å². The number of aliphatic carboxylic acids is 1. The fraction of sp³-hybridized carbons (Fsp3) is 0.379. The van der Waals surface area contributed by atoms with E-state index in [-0.39, 0.29) is 6.42 Å². The van der Waals surface area contributed by atoms with Crippen molar-refractivity contribution in [2.75, 3.05) is 39.5 Å². The molecule has 1 aliphatic carbocycles. The molecule has 1 N–H and O–H groups in total. The highest BCUT2D eigenvalue weighted by Gasteiger charge is 2.13. The third-order valence-electron chi connectivity index (χ3n) is 6.34. The maximum atomic E-state index is 10.7. The number of aromatic nitrogens is 1. The molecule has 0 saturated carbocycles. The first kappa shape index (κ1) is 25.7. The molecule has 0 radical (unpaired) electrons. The van der Waals surface area contributed by atoms with Gasteiger partial charge in [-0.3, -0.25) is 9.69 Å². The van der Waals surface area contributed by atoms with E-state index in [1.165, 1.54) is 0 Å². The zero-order valence-corrected chi connectivity index (χ0v) is 21.0. The quantitative estimate of drug-likeness (QED) is 0.465. The second-order valence-corrected chi connectivity index (χ2v) is 9.12. The summed E-state index contributed by atoms with van der Waals surface area (Å²) >= 11 is 0. The molecule has 0 amide bonds. The molecular weight excluding hydrogens is 456 g/mol. The van der Waals surface area contributed by atoms with Crippen LogP contribution in [0.25, 0.3) is 11.3 Å². The smallest absolute Gasteiger partial charge is 0.303 e. The van der Waals surface area contributed by atoms with Gasteiger partial charge >= 0.3 is 5.97 Å². The Morgan fingerprint density at radius 3 is 2.64 bits per heavy atom. The Hall–Kier alpha value is -3.42. The molecule has 2 aromatic rings. The number of morpholine rings is 1. The van der Waals surface area contributed by atoms with Crippen LogP contribution in [-0.2, 0) is 9.53 Å². The summed E-state index contributed by atoms with van der Waals surface area (Å²) in [6.45, 7) is 9.22. The van der Waals surface area contributed by atoms with Crippen LogP contribution in [0.3, 0.4) is 0 Å². The van der Waals surface area contributed by atoms with Crippen molar-refractivity contribution in [3.8, 4) is 22.9 Å². The molecule has 0 unspecified atom stereocenters. The van der Waals surface area contributed by atoms with Gasteiger partial charge in [0.2, 0.25) is 5.88 Å². The van der Waals surface area contributed by atoms with Crippen LogP contribution in [0.4, 0.5) is 0 Å². The van der Waals surface area contributed by atoms with Gasteiger partial charge in [-0.1, -0.05) is 29.9 Å². The maximum absolute atomic E-state index is 10.7. The molecule has 4 rings (SSSR count). The summed E-state index contributed by atoms with van der Waals surface area (Å²) in [5.74, 6) is 0.619. The zero-order valence-electron chi connectivity index (χ0n) is 21.0. The largest absolute Gasteiger partial charge is 0.492 e. The predicted molar refractivity (Wildman–Crippen MR) is 139 cm³/mol. The normalized spacial score (nSPS) is 17.2. The summed E-state index contributed by atoms with van der Waals surface area (Å²) < 4.78 is 17.3. The number of carbonyl (C=O) groups is 1. The summed E-state index contributed by atoms with van der Waals surface area (Å²) in [7, 11) is 0. The highest BCUT2D eigenvalue weighted by Crippen LogP contribution is 2.31. The second kappa shape index (κ2) is 12.5. The van der Waals surface area contributed by atoms with Gasteiger partial charge in [-0.2, -0.15) is 0 Å². The van der Waals surface area contributed by atoms with E-state index in [1.54, 1.807) is 6.26 Å². The number of ether oxygens (including phenoxy) is 3. The number of aryl methyl sites for hydroxylation is 2. The maximum Gasteiger partial charge on any atom is 0.303 e. The van der Waals surface area contributed by atoms with Crippen LogP contribution in [0.2, 0.25) is 0 Å². The molecule has 2 aliphatic rings. The highest BCUT2D eigenvalue weighted by molar-refractivity contribution is 5.69. The van der Waals surface area contributed by atoms with Crippen molar-refractivity contribution in [2.24, 2.45) is 0 Å². The molecule has 0 bridgehead atoms. The van der Waals surface area contributed by atoms with E-state index in [9.17, 15) is 4.79 Å². The van der Waals surface area contributed by atoms with E-state index < -0.39 is 5.97 Å². The predicted octanol–water partition coefficient (Wildman–Crippen LogP) is 5.09. The molecule has 1 saturated heterocycles. The SMILES string of the molecule is Cc1cc(OCCN2CCOCC2)cc(C)c1-c1cccc(OC=C2C=CC(CCC(=O)O)=CC2)n1. The molecule has 190 valence electrons. The van der Waals surface area contributed by atoms with Crippen LogP contribution < -0.4 is 9.47 Å². The number of benzene rings is 1. The lowest BCUT2D eigenvalue weighted by Crippen LogP contribution is -2.38. The van der Waals surface area contributed by atoms with Gasteiger partial charge in [0.05, 0.1) is 25.2 Å². The minimum atomic E-state index is -0.781. The van der Waals surface area contributed by atoms with Crippen molar-refractivity contribution in [1.82, 2.24) is 9.88 Å². The van der Waals surface area contributed by atoms with E-state index in [0.717, 1.165) is 72.1 Å². The third-order valence-corrected chi connectivity index (χ3v) is 6.34. The van der Waals surface area contributed by atoms with Gasteiger partial charge in [0, 0.05) is 37.7 Å². The van der Waals surface area contributed by atoms with E-state index in [1.807, 2.05) is 36.4 Å². The molecule has 0 atom stereocenters.